The molecule has 0 aromatic heterocycles. The Morgan fingerprint density at radius 1 is 1.08 bits per heavy atom. The van der Waals surface area contributed by atoms with Crippen LogP contribution in [-0.2, 0) is 0 Å². The van der Waals surface area contributed by atoms with E-state index in [1.54, 1.807) is 0 Å². The van der Waals surface area contributed by atoms with Crippen LogP contribution >= 0.6 is 0 Å². The monoisotopic (exact) mass is 184 g/mol. The van der Waals surface area contributed by atoms with Crippen molar-refractivity contribution < 1.29 is 5.11 Å². The van der Waals surface area contributed by atoms with Crippen LogP contribution in [0.2, 0.25) is 0 Å². The first-order valence-electron chi connectivity index (χ1n) is 4.98. The van der Waals surface area contributed by atoms with Gasteiger partial charge >= 0.3 is 0 Å². The standard InChI is InChI=1S/C12H24O/c1-11(2,3)9-7-8-10(13)12(4,5)6/h7-8,10,13H,9H2,1-6H3/t10-/m1/s1. The molecule has 0 spiro atoms. The van der Waals surface area contributed by atoms with Crippen molar-refractivity contribution in [2.45, 2.75) is 54.1 Å². The third-order valence-electron chi connectivity index (χ3n) is 1.94. The molecule has 1 heteroatoms. The topological polar surface area (TPSA) is 20.2 Å². The molecule has 1 atom stereocenters. The van der Waals surface area contributed by atoms with Crippen LogP contribution in [-0.4, -0.2) is 11.2 Å². The van der Waals surface area contributed by atoms with Crippen LogP contribution in [0.1, 0.15) is 48.0 Å². The molecule has 78 valence electrons. The first-order chi connectivity index (χ1) is 5.63. The van der Waals surface area contributed by atoms with Crippen molar-refractivity contribution in [3.63, 3.8) is 0 Å². The zero-order valence-electron chi connectivity index (χ0n) is 9.89. The zero-order valence-corrected chi connectivity index (χ0v) is 9.89. The predicted octanol–water partition coefficient (Wildman–Crippen LogP) is 3.39. The van der Waals surface area contributed by atoms with Gasteiger partial charge in [0.15, 0.2) is 0 Å². The molecule has 0 unspecified atom stereocenters. The highest BCUT2D eigenvalue weighted by atomic mass is 16.3. The smallest absolute Gasteiger partial charge is 0.0769 e. The average Bonchev–Trinajstić information content (AvgIpc) is 1.82. The van der Waals surface area contributed by atoms with Crippen LogP contribution in [0.15, 0.2) is 12.2 Å². The van der Waals surface area contributed by atoms with E-state index in [2.05, 4.69) is 26.8 Å². The first kappa shape index (κ1) is 12.7. The van der Waals surface area contributed by atoms with Crippen LogP contribution < -0.4 is 0 Å². The van der Waals surface area contributed by atoms with Gasteiger partial charge in [-0.25, -0.2) is 0 Å². The summed E-state index contributed by atoms with van der Waals surface area (Å²) >= 11 is 0. The Morgan fingerprint density at radius 3 is 1.85 bits per heavy atom. The van der Waals surface area contributed by atoms with E-state index < -0.39 is 0 Å². The minimum absolute atomic E-state index is 0.0472. The summed E-state index contributed by atoms with van der Waals surface area (Å²) in [7, 11) is 0. The van der Waals surface area contributed by atoms with E-state index in [9.17, 15) is 5.11 Å². The number of rotatable bonds is 2. The zero-order chi connectivity index (χ0) is 10.7. The molecule has 0 saturated heterocycles. The van der Waals surface area contributed by atoms with Gasteiger partial charge in [-0.1, -0.05) is 53.7 Å². The van der Waals surface area contributed by atoms with Gasteiger partial charge in [-0.2, -0.15) is 0 Å². The lowest BCUT2D eigenvalue weighted by atomic mass is 9.87. The van der Waals surface area contributed by atoms with Crippen molar-refractivity contribution in [1.29, 1.82) is 0 Å². The van der Waals surface area contributed by atoms with E-state index in [0.29, 0.717) is 5.41 Å². The summed E-state index contributed by atoms with van der Waals surface area (Å²) in [6.45, 7) is 12.7. The third kappa shape index (κ3) is 6.83. The van der Waals surface area contributed by atoms with E-state index in [1.807, 2.05) is 26.8 Å². The summed E-state index contributed by atoms with van der Waals surface area (Å²) in [6.07, 6.45) is 4.66. The lowest BCUT2D eigenvalue weighted by Gasteiger charge is -2.23. The summed E-state index contributed by atoms with van der Waals surface area (Å²) in [4.78, 5) is 0. The summed E-state index contributed by atoms with van der Waals surface area (Å²) in [5.74, 6) is 0. The molecule has 0 fully saturated rings. The van der Waals surface area contributed by atoms with E-state index in [4.69, 9.17) is 0 Å². The Morgan fingerprint density at radius 2 is 1.54 bits per heavy atom. The van der Waals surface area contributed by atoms with Gasteiger partial charge in [-0.15, -0.1) is 0 Å². The van der Waals surface area contributed by atoms with Crippen LogP contribution in [0.5, 0.6) is 0 Å². The minimum atomic E-state index is -0.338. The van der Waals surface area contributed by atoms with Crippen LogP contribution in [0, 0.1) is 10.8 Å². The van der Waals surface area contributed by atoms with Gasteiger partial charge in [0.2, 0.25) is 0 Å². The molecule has 1 N–H and O–H groups in total. The molecule has 0 bridgehead atoms. The molecular formula is C12H24O. The van der Waals surface area contributed by atoms with Crippen molar-refractivity contribution in [3.8, 4) is 0 Å². The van der Waals surface area contributed by atoms with Crippen molar-refractivity contribution in [3.05, 3.63) is 12.2 Å². The Balaban J connectivity index is 4.00. The fraction of sp³-hybridized carbons (Fsp3) is 0.833. The summed E-state index contributed by atoms with van der Waals surface area (Å²) in [5, 5.41) is 9.70. The molecule has 0 aromatic rings. The number of aliphatic hydroxyl groups excluding tert-OH is 1. The molecule has 13 heavy (non-hydrogen) atoms. The molecule has 0 amide bonds. The molecule has 1 nitrogen and oxygen atoms in total. The molecule has 0 aromatic carbocycles. The van der Waals surface area contributed by atoms with Crippen molar-refractivity contribution in [1.82, 2.24) is 0 Å². The maximum Gasteiger partial charge on any atom is 0.0769 e. The van der Waals surface area contributed by atoms with Gasteiger partial charge in [0.05, 0.1) is 6.10 Å². The highest BCUT2D eigenvalue weighted by Crippen LogP contribution is 2.22. The van der Waals surface area contributed by atoms with Gasteiger partial charge in [0, 0.05) is 0 Å². The molecule has 0 rings (SSSR count). The second kappa shape index (κ2) is 4.28. The Hall–Kier alpha value is -0.300. The maximum atomic E-state index is 9.70. The molecule has 0 aliphatic carbocycles. The van der Waals surface area contributed by atoms with E-state index in [0.717, 1.165) is 6.42 Å². The van der Waals surface area contributed by atoms with E-state index in [-0.39, 0.29) is 11.5 Å². The fourth-order valence-electron chi connectivity index (χ4n) is 0.839. The highest BCUT2D eigenvalue weighted by Gasteiger charge is 2.19. The van der Waals surface area contributed by atoms with Gasteiger partial charge < -0.3 is 5.11 Å². The van der Waals surface area contributed by atoms with Crippen LogP contribution in [0.4, 0.5) is 0 Å². The number of aliphatic hydroxyl groups is 1. The highest BCUT2D eigenvalue weighted by molar-refractivity contribution is 4.95. The molecule has 0 aliphatic heterocycles. The van der Waals surface area contributed by atoms with Crippen molar-refractivity contribution >= 4 is 0 Å². The predicted molar refractivity (Wildman–Crippen MR) is 58.7 cm³/mol. The number of hydrogen-bond acceptors (Lipinski definition) is 1. The second-order valence-electron chi connectivity index (χ2n) is 6.00. The van der Waals surface area contributed by atoms with Crippen molar-refractivity contribution in [2.75, 3.05) is 0 Å². The molecule has 0 aliphatic rings. The largest absolute Gasteiger partial charge is 0.388 e. The lowest BCUT2D eigenvalue weighted by molar-refractivity contribution is 0.105. The molecule has 0 radical (unpaired) electrons. The van der Waals surface area contributed by atoms with E-state index in [1.165, 1.54) is 0 Å². The van der Waals surface area contributed by atoms with Gasteiger partial charge in [-0.3, -0.25) is 0 Å². The third-order valence-corrected chi connectivity index (χ3v) is 1.94. The molecule has 0 saturated carbocycles. The Bertz CT molecular complexity index is 167. The van der Waals surface area contributed by atoms with Gasteiger partial charge in [0.1, 0.15) is 0 Å². The average molecular weight is 184 g/mol. The van der Waals surface area contributed by atoms with Gasteiger partial charge in [0.25, 0.3) is 0 Å². The van der Waals surface area contributed by atoms with E-state index >= 15 is 0 Å². The quantitative estimate of drug-likeness (QED) is 0.652. The normalized spacial score (nSPS) is 16.5. The van der Waals surface area contributed by atoms with Crippen molar-refractivity contribution in [2.24, 2.45) is 10.8 Å². The second-order valence-corrected chi connectivity index (χ2v) is 6.00. The van der Waals surface area contributed by atoms with Crippen LogP contribution in [0.3, 0.4) is 0 Å². The summed E-state index contributed by atoms with van der Waals surface area (Å²) in [6, 6.07) is 0. The maximum absolute atomic E-state index is 9.70. The Kier molecular flexibility index (Phi) is 4.18. The van der Waals surface area contributed by atoms with Crippen LogP contribution in [0.25, 0.3) is 0 Å². The summed E-state index contributed by atoms with van der Waals surface area (Å²) < 4.78 is 0. The van der Waals surface area contributed by atoms with Gasteiger partial charge in [-0.05, 0) is 17.3 Å². The lowest BCUT2D eigenvalue weighted by Crippen LogP contribution is -2.23. The SMILES string of the molecule is CC(C)(C)CC=C[C@@H](O)C(C)(C)C. The fourth-order valence-corrected chi connectivity index (χ4v) is 0.839. The molecule has 0 heterocycles. The first-order valence-corrected chi connectivity index (χ1v) is 4.98. The number of hydrogen-bond donors (Lipinski definition) is 1. The number of allylic oxidation sites excluding steroid dienone is 1. The summed E-state index contributed by atoms with van der Waals surface area (Å²) in [5.41, 5.74) is 0.266. The Labute approximate surface area is 82.9 Å². The minimum Gasteiger partial charge on any atom is -0.388 e. The molecular weight excluding hydrogens is 160 g/mol.